The van der Waals surface area contributed by atoms with Gasteiger partial charge in [0.1, 0.15) is 6.04 Å². The number of hydrogen-bond donors (Lipinski definition) is 3. The highest BCUT2D eigenvalue weighted by atomic mass is 35.5. The Morgan fingerprint density at radius 3 is 2.40 bits per heavy atom. The Labute approximate surface area is 127 Å². The lowest BCUT2D eigenvalue weighted by atomic mass is 10.1. The minimum atomic E-state index is -0.519. The van der Waals surface area contributed by atoms with Crippen molar-refractivity contribution in [1.29, 1.82) is 0 Å². The van der Waals surface area contributed by atoms with Crippen molar-refractivity contribution in [3.8, 4) is 0 Å². The van der Waals surface area contributed by atoms with Crippen molar-refractivity contribution in [3.63, 3.8) is 0 Å². The van der Waals surface area contributed by atoms with E-state index in [0.29, 0.717) is 5.57 Å². The quantitative estimate of drug-likeness (QED) is 0.667. The van der Waals surface area contributed by atoms with Gasteiger partial charge in [0.2, 0.25) is 11.8 Å². The second kappa shape index (κ2) is 8.97. The average Bonchev–Trinajstić information content (AvgIpc) is 2.80. The molecule has 0 aromatic carbocycles. The van der Waals surface area contributed by atoms with E-state index >= 15 is 0 Å². The first-order chi connectivity index (χ1) is 8.90. The van der Waals surface area contributed by atoms with Gasteiger partial charge in [0.25, 0.3) is 0 Å². The van der Waals surface area contributed by atoms with Gasteiger partial charge in [-0.25, -0.2) is 0 Å². The molecule has 1 rings (SSSR count). The summed E-state index contributed by atoms with van der Waals surface area (Å²) in [7, 11) is 0. The van der Waals surface area contributed by atoms with Crippen molar-refractivity contribution in [2.45, 2.75) is 58.7 Å². The predicted octanol–water partition coefficient (Wildman–Crippen LogP) is 1.14. The van der Waals surface area contributed by atoms with Crippen LogP contribution in [0.3, 0.4) is 0 Å². The smallest absolute Gasteiger partial charge is 0.247 e. The van der Waals surface area contributed by atoms with Gasteiger partial charge in [0.15, 0.2) is 0 Å². The predicted molar refractivity (Wildman–Crippen MR) is 82.9 cm³/mol. The third-order valence-corrected chi connectivity index (χ3v) is 3.08. The zero-order valence-electron chi connectivity index (χ0n) is 12.7. The van der Waals surface area contributed by atoms with Crippen molar-refractivity contribution < 1.29 is 9.59 Å². The van der Waals surface area contributed by atoms with Crippen molar-refractivity contribution >= 4 is 24.2 Å². The van der Waals surface area contributed by atoms with Crippen LogP contribution in [0.2, 0.25) is 0 Å². The molecule has 20 heavy (non-hydrogen) atoms. The molecule has 2 amide bonds. The van der Waals surface area contributed by atoms with Crippen molar-refractivity contribution in [3.05, 3.63) is 11.6 Å². The second-order valence-electron chi connectivity index (χ2n) is 5.41. The summed E-state index contributed by atoms with van der Waals surface area (Å²) in [6.45, 7) is 8.26. The van der Waals surface area contributed by atoms with E-state index in [1.807, 2.05) is 19.9 Å². The molecular weight excluding hydrogens is 278 g/mol. The standard InChI is InChI=1S/C14H25N3O2.ClH/c1-9(2)16-14(19)11(4)17-13(18)10(3)8-12-6-5-7-15-12;/h8-9,11-12,15H,5-7H2,1-4H3,(H,16,19)(H,17,18);1H/b10-8-;/t11-,12-;/m0./s1. The summed E-state index contributed by atoms with van der Waals surface area (Å²) in [6.07, 6.45) is 4.15. The molecule has 2 atom stereocenters. The zero-order valence-corrected chi connectivity index (χ0v) is 13.5. The first kappa shape index (κ1) is 18.9. The van der Waals surface area contributed by atoms with Crippen LogP contribution in [-0.4, -0.2) is 36.5 Å². The van der Waals surface area contributed by atoms with E-state index in [-0.39, 0.29) is 36.3 Å². The van der Waals surface area contributed by atoms with Gasteiger partial charge in [-0.15, -0.1) is 12.4 Å². The number of carbonyl (C=O) groups excluding carboxylic acids is 2. The highest BCUT2D eigenvalue weighted by Crippen LogP contribution is 2.08. The molecule has 0 aromatic heterocycles. The fourth-order valence-electron chi connectivity index (χ4n) is 2.02. The highest BCUT2D eigenvalue weighted by Gasteiger charge is 2.18. The summed E-state index contributed by atoms with van der Waals surface area (Å²) in [5.74, 6) is -0.338. The maximum Gasteiger partial charge on any atom is 0.247 e. The van der Waals surface area contributed by atoms with E-state index in [1.54, 1.807) is 13.8 Å². The Hall–Kier alpha value is -1.07. The lowest BCUT2D eigenvalue weighted by molar-refractivity contribution is -0.127. The third-order valence-electron chi connectivity index (χ3n) is 3.08. The Balaban J connectivity index is 0.00000361. The van der Waals surface area contributed by atoms with Gasteiger partial charge in [0, 0.05) is 17.7 Å². The third kappa shape index (κ3) is 6.39. The van der Waals surface area contributed by atoms with Crippen LogP contribution in [0.25, 0.3) is 0 Å². The zero-order chi connectivity index (χ0) is 14.4. The topological polar surface area (TPSA) is 70.2 Å². The summed E-state index contributed by atoms with van der Waals surface area (Å²) < 4.78 is 0. The summed E-state index contributed by atoms with van der Waals surface area (Å²) >= 11 is 0. The highest BCUT2D eigenvalue weighted by molar-refractivity contribution is 5.96. The number of halogens is 1. The van der Waals surface area contributed by atoms with E-state index in [2.05, 4.69) is 16.0 Å². The van der Waals surface area contributed by atoms with E-state index in [4.69, 9.17) is 0 Å². The fraction of sp³-hybridized carbons (Fsp3) is 0.714. The number of rotatable bonds is 5. The van der Waals surface area contributed by atoms with Gasteiger partial charge in [-0.05, 0) is 47.1 Å². The Kier molecular flexibility index (Phi) is 8.49. The maximum atomic E-state index is 11.9. The maximum absolute atomic E-state index is 11.9. The van der Waals surface area contributed by atoms with Crippen LogP contribution >= 0.6 is 12.4 Å². The van der Waals surface area contributed by atoms with Gasteiger partial charge in [-0.1, -0.05) is 6.08 Å². The van der Waals surface area contributed by atoms with Gasteiger partial charge >= 0.3 is 0 Å². The van der Waals surface area contributed by atoms with E-state index in [0.717, 1.165) is 19.4 Å². The molecule has 3 N–H and O–H groups in total. The first-order valence-electron chi connectivity index (χ1n) is 6.93. The molecule has 0 aromatic rings. The molecular formula is C14H26ClN3O2. The molecule has 1 aliphatic heterocycles. The van der Waals surface area contributed by atoms with Gasteiger partial charge in [-0.3, -0.25) is 9.59 Å². The van der Waals surface area contributed by atoms with Crippen LogP contribution in [0.5, 0.6) is 0 Å². The van der Waals surface area contributed by atoms with Gasteiger partial charge < -0.3 is 16.0 Å². The molecule has 6 heteroatoms. The molecule has 1 heterocycles. The van der Waals surface area contributed by atoms with E-state index in [1.165, 1.54) is 0 Å². The fourth-order valence-corrected chi connectivity index (χ4v) is 2.02. The summed E-state index contributed by atoms with van der Waals surface area (Å²) in [6, 6.07) is -0.161. The number of nitrogens with one attached hydrogen (secondary N) is 3. The molecule has 5 nitrogen and oxygen atoms in total. The lowest BCUT2D eigenvalue weighted by Crippen LogP contribution is -2.47. The van der Waals surface area contributed by atoms with Gasteiger partial charge in [-0.2, -0.15) is 0 Å². The van der Waals surface area contributed by atoms with Crippen molar-refractivity contribution in [2.75, 3.05) is 6.54 Å². The molecule has 0 unspecified atom stereocenters. The number of carbonyl (C=O) groups is 2. The van der Waals surface area contributed by atoms with Gasteiger partial charge in [0.05, 0.1) is 0 Å². The first-order valence-corrected chi connectivity index (χ1v) is 6.93. The molecule has 0 radical (unpaired) electrons. The number of hydrogen-bond acceptors (Lipinski definition) is 3. The van der Waals surface area contributed by atoms with Crippen LogP contribution in [0.4, 0.5) is 0 Å². The van der Waals surface area contributed by atoms with Crippen molar-refractivity contribution in [2.24, 2.45) is 0 Å². The van der Waals surface area contributed by atoms with Crippen LogP contribution in [0.15, 0.2) is 11.6 Å². The molecule has 1 fully saturated rings. The summed E-state index contributed by atoms with van der Waals surface area (Å²) in [5.41, 5.74) is 0.656. The molecule has 0 spiro atoms. The Bertz CT molecular complexity index is 363. The summed E-state index contributed by atoms with van der Waals surface area (Å²) in [5, 5.41) is 8.80. The normalized spacial score (nSPS) is 20.2. The molecule has 1 aliphatic rings. The minimum absolute atomic E-state index is 0. The lowest BCUT2D eigenvalue weighted by Gasteiger charge is -2.16. The van der Waals surface area contributed by atoms with E-state index < -0.39 is 6.04 Å². The molecule has 0 aliphatic carbocycles. The van der Waals surface area contributed by atoms with Crippen LogP contribution in [0, 0.1) is 0 Å². The Morgan fingerprint density at radius 1 is 1.25 bits per heavy atom. The molecule has 0 bridgehead atoms. The second-order valence-corrected chi connectivity index (χ2v) is 5.41. The van der Waals surface area contributed by atoms with Crippen molar-refractivity contribution in [1.82, 2.24) is 16.0 Å². The summed E-state index contributed by atoms with van der Waals surface area (Å²) in [4.78, 5) is 23.6. The van der Waals surface area contributed by atoms with Crippen LogP contribution in [0.1, 0.15) is 40.5 Å². The molecule has 0 saturated carbocycles. The van der Waals surface area contributed by atoms with Crippen LogP contribution < -0.4 is 16.0 Å². The molecule has 116 valence electrons. The SMILES string of the molecule is C/C(=C/[C@@H]1CCCN1)C(=O)N[C@@H](C)C(=O)NC(C)C.Cl. The number of amides is 2. The minimum Gasteiger partial charge on any atom is -0.352 e. The largest absolute Gasteiger partial charge is 0.352 e. The molecule has 1 saturated heterocycles. The van der Waals surface area contributed by atoms with Crippen LogP contribution in [-0.2, 0) is 9.59 Å². The average molecular weight is 304 g/mol. The Morgan fingerprint density at radius 2 is 1.90 bits per heavy atom. The monoisotopic (exact) mass is 303 g/mol. The van der Waals surface area contributed by atoms with E-state index in [9.17, 15) is 9.59 Å².